The Hall–Kier alpha value is -2.16. The lowest BCUT2D eigenvalue weighted by atomic mass is 10.00. The van der Waals surface area contributed by atoms with Crippen molar-refractivity contribution in [1.29, 1.82) is 0 Å². The molecular formula is C19H24IN5O. The SMILES string of the molecule is CN=C(NCC(=O)N1CCc2ccccc2C1)NCc1ccccn1.I. The molecule has 2 N–H and O–H groups in total. The molecule has 1 amide bonds. The Kier molecular flexibility index (Phi) is 7.83. The van der Waals surface area contributed by atoms with Gasteiger partial charge in [0.25, 0.3) is 0 Å². The minimum atomic E-state index is 0. The molecule has 1 aliphatic heterocycles. The van der Waals surface area contributed by atoms with Gasteiger partial charge in [-0.1, -0.05) is 30.3 Å². The Morgan fingerprint density at radius 2 is 1.92 bits per heavy atom. The molecule has 1 aromatic carbocycles. The normalized spacial score (nSPS) is 13.4. The lowest BCUT2D eigenvalue weighted by Gasteiger charge is -2.29. The number of carbonyl (C=O) groups excluding carboxylic acids is 1. The van der Waals surface area contributed by atoms with Gasteiger partial charge >= 0.3 is 0 Å². The minimum absolute atomic E-state index is 0. The summed E-state index contributed by atoms with van der Waals surface area (Å²) in [4.78, 5) is 22.8. The van der Waals surface area contributed by atoms with Crippen LogP contribution in [-0.2, 0) is 24.3 Å². The van der Waals surface area contributed by atoms with Crippen molar-refractivity contribution in [2.24, 2.45) is 4.99 Å². The first-order valence-corrected chi connectivity index (χ1v) is 8.45. The zero-order valence-corrected chi connectivity index (χ0v) is 17.1. The van der Waals surface area contributed by atoms with Crippen molar-refractivity contribution in [2.75, 3.05) is 20.1 Å². The van der Waals surface area contributed by atoms with E-state index in [2.05, 4.69) is 38.8 Å². The van der Waals surface area contributed by atoms with Crippen LogP contribution in [0.15, 0.2) is 53.7 Å². The fourth-order valence-corrected chi connectivity index (χ4v) is 2.88. The van der Waals surface area contributed by atoms with Gasteiger partial charge < -0.3 is 15.5 Å². The van der Waals surface area contributed by atoms with Crippen LogP contribution in [0.5, 0.6) is 0 Å². The fourth-order valence-electron chi connectivity index (χ4n) is 2.88. The minimum Gasteiger partial charge on any atom is -0.351 e. The van der Waals surface area contributed by atoms with E-state index >= 15 is 0 Å². The number of benzene rings is 1. The number of pyridine rings is 1. The standard InChI is InChI=1S/C19H23N5O.HI/c1-20-19(22-12-17-8-4-5-10-21-17)23-13-18(25)24-11-9-15-6-2-3-7-16(15)14-24;/h2-8,10H,9,11-14H2,1H3,(H2,20,22,23);1H. The van der Waals surface area contributed by atoms with E-state index < -0.39 is 0 Å². The molecule has 0 bridgehead atoms. The maximum Gasteiger partial charge on any atom is 0.242 e. The van der Waals surface area contributed by atoms with Crippen LogP contribution in [0.4, 0.5) is 0 Å². The summed E-state index contributed by atoms with van der Waals surface area (Å²) in [7, 11) is 1.69. The maximum absolute atomic E-state index is 12.5. The molecule has 0 aliphatic carbocycles. The molecule has 26 heavy (non-hydrogen) atoms. The van der Waals surface area contributed by atoms with Crippen molar-refractivity contribution in [2.45, 2.75) is 19.5 Å². The number of nitrogens with one attached hydrogen (secondary N) is 2. The van der Waals surface area contributed by atoms with Crippen molar-refractivity contribution in [3.8, 4) is 0 Å². The summed E-state index contributed by atoms with van der Waals surface area (Å²) in [6.45, 7) is 2.23. The first kappa shape index (κ1) is 20.2. The van der Waals surface area contributed by atoms with E-state index in [-0.39, 0.29) is 36.4 Å². The molecule has 1 aromatic heterocycles. The third kappa shape index (κ3) is 5.42. The molecule has 2 aromatic rings. The van der Waals surface area contributed by atoms with E-state index in [1.807, 2.05) is 29.2 Å². The number of hydrogen-bond donors (Lipinski definition) is 2. The number of nitrogens with zero attached hydrogens (tertiary/aromatic N) is 3. The van der Waals surface area contributed by atoms with Crippen molar-refractivity contribution in [1.82, 2.24) is 20.5 Å². The highest BCUT2D eigenvalue weighted by atomic mass is 127. The van der Waals surface area contributed by atoms with Gasteiger partial charge in [0, 0.05) is 26.3 Å². The zero-order valence-electron chi connectivity index (χ0n) is 14.8. The van der Waals surface area contributed by atoms with Crippen molar-refractivity contribution >= 4 is 35.8 Å². The first-order valence-electron chi connectivity index (χ1n) is 8.45. The van der Waals surface area contributed by atoms with Crippen molar-refractivity contribution in [3.05, 3.63) is 65.5 Å². The number of hydrogen-bond acceptors (Lipinski definition) is 3. The molecular weight excluding hydrogens is 441 g/mol. The topological polar surface area (TPSA) is 69.6 Å². The quantitative estimate of drug-likeness (QED) is 0.412. The predicted molar refractivity (Wildman–Crippen MR) is 113 cm³/mol. The van der Waals surface area contributed by atoms with Gasteiger partial charge in [0.1, 0.15) is 0 Å². The second-order valence-electron chi connectivity index (χ2n) is 5.93. The molecule has 0 saturated carbocycles. The van der Waals surface area contributed by atoms with Crippen molar-refractivity contribution < 1.29 is 4.79 Å². The number of aromatic nitrogens is 1. The highest BCUT2D eigenvalue weighted by molar-refractivity contribution is 14.0. The highest BCUT2D eigenvalue weighted by Gasteiger charge is 2.20. The number of halogens is 1. The van der Waals surface area contributed by atoms with E-state index in [0.29, 0.717) is 19.0 Å². The van der Waals surface area contributed by atoms with Gasteiger partial charge in [0.05, 0.1) is 18.8 Å². The van der Waals surface area contributed by atoms with E-state index in [0.717, 1.165) is 18.7 Å². The molecule has 1 aliphatic rings. The molecule has 0 atom stereocenters. The summed E-state index contributed by atoms with van der Waals surface area (Å²) in [5.74, 6) is 0.673. The third-order valence-corrected chi connectivity index (χ3v) is 4.28. The van der Waals surface area contributed by atoms with Crippen molar-refractivity contribution in [3.63, 3.8) is 0 Å². The van der Waals surface area contributed by atoms with Gasteiger partial charge in [-0.2, -0.15) is 0 Å². The Morgan fingerprint density at radius 3 is 2.65 bits per heavy atom. The number of fused-ring (bicyclic) bond motifs is 1. The number of guanidine groups is 1. The zero-order chi connectivity index (χ0) is 17.5. The molecule has 7 heteroatoms. The van der Waals surface area contributed by atoms with Crippen LogP contribution >= 0.6 is 24.0 Å². The summed E-state index contributed by atoms with van der Waals surface area (Å²) in [6.07, 6.45) is 2.67. The van der Waals surface area contributed by atoms with Crippen LogP contribution in [0.3, 0.4) is 0 Å². The second-order valence-corrected chi connectivity index (χ2v) is 5.93. The Labute approximate surface area is 171 Å². The summed E-state index contributed by atoms with van der Waals surface area (Å²) in [5.41, 5.74) is 3.50. The number of amides is 1. The van der Waals surface area contributed by atoms with Crippen LogP contribution in [0.25, 0.3) is 0 Å². The lowest BCUT2D eigenvalue weighted by Crippen LogP contribution is -2.45. The molecule has 138 valence electrons. The van der Waals surface area contributed by atoms with Gasteiger partial charge in [-0.05, 0) is 29.7 Å². The predicted octanol–water partition coefficient (Wildman–Crippen LogP) is 1.95. The fraction of sp³-hybridized carbons (Fsp3) is 0.316. The van der Waals surface area contributed by atoms with Gasteiger partial charge in [-0.15, -0.1) is 24.0 Å². The second kappa shape index (κ2) is 10.1. The average Bonchev–Trinajstić information content (AvgIpc) is 2.68. The molecule has 2 heterocycles. The monoisotopic (exact) mass is 465 g/mol. The van der Waals surface area contributed by atoms with Gasteiger partial charge in [-0.3, -0.25) is 14.8 Å². The molecule has 3 rings (SSSR count). The summed E-state index contributed by atoms with van der Waals surface area (Å²) < 4.78 is 0. The Balaban J connectivity index is 0.00000243. The van der Waals surface area contributed by atoms with E-state index in [1.54, 1.807) is 13.2 Å². The Morgan fingerprint density at radius 1 is 1.15 bits per heavy atom. The lowest BCUT2D eigenvalue weighted by molar-refractivity contribution is -0.130. The van der Waals surface area contributed by atoms with Crippen LogP contribution in [0.2, 0.25) is 0 Å². The van der Waals surface area contributed by atoms with Crippen LogP contribution in [0.1, 0.15) is 16.8 Å². The van der Waals surface area contributed by atoms with E-state index in [9.17, 15) is 4.79 Å². The first-order chi connectivity index (χ1) is 12.3. The summed E-state index contributed by atoms with van der Waals surface area (Å²) in [6, 6.07) is 14.1. The molecule has 0 radical (unpaired) electrons. The highest BCUT2D eigenvalue weighted by Crippen LogP contribution is 2.18. The van der Waals surface area contributed by atoms with Gasteiger partial charge in [-0.25, -0.2) is 0 Å². The molecule has 6 nitrogen and oxygen atoms in total. The van der Waals surface area contributed by atoms with Crippen LogP contribution in [0, 0.1) is 0 Å². The smallest absolute Gasteiger partial charge is 0.242 e. The average molecular weight is 465 g/mol. The third-order valence-electron chi connectivity index (χ3n) is 4.28. The summed E-state index contributed by atoms with van der Waals surface area (Å²) >= 11 is 0. The number of aliphatic imine (C=N–C) groups is 1. The Bertz CT molecular complexity index is 751. The van der Waals surface area contributed by atoms with Gasteiger partial charge in [0.2, 0.25) is 5.91 Å². The van der Waals surface area contributed by atoms with Gasteiger partial charge in [0.15, 0.2) is 5.96 Å². The maximum atomic E-state index is 12.5. The largest absolute Gasteiger partial charge is 0.351 e. The van der Waals surface area contributed by atoms with E-state index in [4.69, 9.17) is 0 Å². The molecule has 0 saturated heterocycles. The molecule has 0 spiro atoms. The van der Waals surface area contributed by atoms with Crippen LogP contribution in [-0.4, -0.2) is 41.9 Å². The summed E-state index contributed by atoms with van der Waals surface area (Å²) in [5, 5.41) is 6.25. The van der Waals surface area contributed by atoms with Crippen LogP contribution < -0.4 is 10.6 Å². The molecule has 0 fully saturated rings. The number of rotatable bonds is 4. The molecule has 0 unspecified atom stereocenters. The number of carbonyl (C=O) groups is 1. The van der Waals surface area contributed by atoms with E-state index in [1.165, 1.54) is 11.1 Å².